The van der Waals surface area contributed by atoms with Crippen LogP contribution in [0.3, 0.4) is 0 Å². The van der Waals surface area contributed by atoms with Crippen LogP contribution >= 0.6 is 0 Å². The summed E-state index contributed by atoms with van der Waals surface area (Å²) in [4.78, 5) is 25.0. The van der Waals surface area contributed by atoms with Gasteiger partial charge in [0.05, 0.1) is 18.7 Å². The standard InChI is InChI=1S/C19H20N2O4/c22-18(23)16-8-6-14(7-9-16)12-20-19(24)21-10-11-25-17(13-21)15-4-2-1-3-5-15/h1-9,17H,10-13H2,(H,20,24)(H,22,23). The highest BCUT2D eigenvalue weighted by Gasteiger charge is 2.25. The lowest BCUT2D eigenvalue weighted by molar-refractivity contribution is -0.0154. The van der Waals surface area contributed by atoms with Crippen molar-refractivity contribution in [1.82, 2.24) is 10.2 Å². The SMILES string of the molecule is O=C(O)c1ccc(CNC(=O)N2CCOC(c3ccccc3)C2)cc1. The Morgan fingerprint density at radius 3 is 2.52 bits per heavy atom. The Labute approximate surface area is 146 Å². The molecule has 1 heterocycles. The van der Waals surface area contributed by atoms with Crippen LogP contribution in [-0.4, -0.2) is 41.7 Å². The minimum absolute atomic E-state index is 0.115. The summed E-state index contributed by atoms with van der Waals surface area (Å²) >= 11 is 0. The average Bonchev–Trinajstić information content (AvgIpc) is 2.67. The van der Waals surface area contributed by atoms with Gasteiger partial charge in [-0.3, -0.25) is 0 Å². The van der Waals surface area contributed by atoms with Gasteiger partial charge in [0.25, 0.3) is 0 Å². The summed E-state index contributed by atoms with van der Waals surface area (Å²) in [6.07, 6.45) is -0.115. The summed E-state index contributed by atoms with van der Waals surface area (Å²) in [5.74, 6) is -0.962. The van der Waals surface area contributed by atoms with Crippen molar-refractivity contribution in [3.05, 3.63) is 71.3 Å². The van der Waals surface area contributed by atoms with Gasteiger partial charge in [0, 0.05) is 13.1 Å². The van der Waals surface area contributed by atoms with Crippen LogP contribution in [0.2, 0.25) is 0 Å². The third-order valence-corrected chi connectivity index (χ3v) is 4.17. The first kappa shape index (κ1) is 17.0. The minimum Gasteiger partial charge on any atom is -0.478 e. The van der Waals surface area contributed by atoms with Gasteiger partial charge in [0.2, 0.25) is 0 Å². The molecule has 6 heteroatoms. The molecule has 6 nitrogen and oxygen atoms in total. The quantitative estimate of drug-likeness (QED) is 0.897. The van der Waals surface area contributed by atoms with Crippen LogP contribution in [0.5, 0.6) is 0 Å². The molecule has 1 aliphatic rings. The van der Waals surface area contributed by atoms with E-state index in [0.717, 1.165) is 11.1 Å². The van der Waals surface area contributed by atoms with E-state index >= 15 is 0 Å². The Bertz CT molecular complexity index is 731. The maximum absolute atomic E-state index is 12.4. The van der Waals surface area contributed by atoms with Crippen molar-refractivity contribution in [2.75, 3.05) is 19.7 Å². The maximum Gasteiger partial charge on any atom is 0.335 e. The molecule has 1 atom stereocenters. The number of amides is 2. The van der Waals surface area contributed by atoms with Gasteiger partial charge in [0.15, 0.2) is 0 Å². The Morgan fingerprint density at radius 1 is 1.12 bits per heavy atom. The van der Waals surface area contributed by atoms with E-state index in [2.05, 4.69) is 5.32 Å². The number of carbonyl (C=O) groups is 2. The van der Waals surface area contributed by atoms with Crippen molar-refractivity contribution in [2.45, 2.75) is 12.6 Å². The third kappa shape index (κ3) is 4.36. The Morgan fingerprint density at radius 2 is 1.84 bits per heavy atom. The van der Waals surface area contributed by atoms with Crippen molar-refractivity contribution >= 4 is 12.0 Å². The van der Waals surface area contributed by atoms with Crippen molar-refractivity contribution < 1.29 is 19.4 Å². The first-order valence-corrected chi connectivity index (χ1v) is 8.15. The van der Waals surface area contributed by atoms with Gasteiger partial charge < -0.3 is 20.1 Å². The molecule has 2 aromatic carbocycles. The second-order valence-corrected chi connectivity index (χ2v) is 5.88. The van der Waals surface area contributed by atoms with Crippen molar-refractivity contribution in [3.63, 3.8) is 0 Å². The van der Waals surface area contributed by atoms with Crippen LogP contribution in [0.15, 0.2) is 54.6 Å². The van der Waals surface area contributed by atoms with Gasteiger partial charge in [-0.05, 0) is 23.3 Å². The van der Waals surface area contributed by atoms with E-state index < -0.39 is 5.97 Å². The molecular formula is C19H20N2O4. The van der Waals surface area contributed by atoms with Crippen molar-refractivity contribution in [2.24, 2.45) is 0 Å². The molecule has 0 saturated carbocycles. The molecule has 2 aromatic rings. The van der Waals surface area contributed by atoms with Crippen LogP contribution in [0.1, 0.15) is 27.6 Å². The molecule has 0 aromatic heterocycles. The van der Waals surface area contributed by atoms with Gasteiger partial charge in [-0.15, -0.1) is 0 Å². The number of carbonyl (C=O) groups excluding carboxylic acids is 1. The van der Waals surface area contributed by atoms with Crippen LogP contribution < -0.4 is 5.32 Å². The summed E-state index contributed by atoms with van der Waals surface area (Å²) in [6.45, 7) is 1.91. The summed E-state index contributed by atoms with van der Waals surface area (Å²) in [6, 6.07) is 16.2. The Balaban J connectivity index is 1.55. The van der Waals surface area contributed by atoms with Crippen LogP contribution in [0.25, 0.3) is 0 Å². The number of ether oxygens (including phenoxy) is 1. The second kappa shape index (κ2) is 7.81. The maximum atomic E-state index is 12.4. The highest BCUT2D eigenvalue weighted by molar-refractivity contribution is 5.87. The van der Waals surface area contributed by atoms with Crippen LogP contribution in [0.4, 0.5) is 4.79 Å². The molecule has 25 heavy (non-hydrogen) atoms. The monoisotopic (exact) mass is 340 g/mol. The zero-order valence-electron chi connectivity index (χ0n) is 13.7. The summed E-state index contributed by atoms with van der Waals surface area (Å²) in [7, 11) is 0. The lowest BCUT2D eigenvalue weighted by atomic mass is 10.1. The number of hydrogen-bond donors (Lipinski definition) is 2. The van der Waals surface area contributed by atoms with E-state index in [1.807, 2.05) is 30.3 Å². The van der Waals surface area contributed by atoms with Gasteiger partial charge in [-0.1, -0.05) is 42.5 Å². The second-order valence-electron chi connectivity index (χ2n) is 5.88. The van der Waals surface area contributed by atoms with E-state index in [-0.39, 0.29) is 17.7 Å². The number of morpholine rings is 1. The number of carboxylic acids is 1. The number of hydrogen-bond acceptors (Lipinski definition) is 3. The lowest BCUT2D eigenvalue weighted by Crippen LogP contribution is -2.46. The van der Waals surface area contributed by atoms with E-state index in [0.29, 0.717) is 26.2 Å². The number of aromatic carboxylic acids is 1. The fourth-order valence-electron chi connectivity index (χ4n) is 2.76. The molecular weight excluding hydrogens is 320 g/mol. The van der Waals surface area contributed by atoms with Gasteiger partial charge >= 0.3 is 12.0 Å². The molecule has 1 saturated heterocycles. The largest absolute Gasteiger partial charge is 0.478 e. The smallest absolute Gasteiger partial charge is 0.335 e. The number of rotatable bonds is 4. The number of urea groups is 1. The molecule has 1 unspecified atom stereocenters. The summed E-state index contributed by atoms with van der Waals surface area (Å²) in [5.41, 5.74) is 2.14. The average molecular weight is 340 g/mol. The van der Waals surface area contributed by atoms with E-state index in [4.69, 9.17) is 9.84 Å². The zero-order chi connectivity index (χ0) is 17.6. The van der Waals surface area contributed by atoms with Crippen LogP contribution in [0, 0.1) is 0 Å². The topological polar surface area (TPSA) is 78.9 Å². The predicted molar refractivity (Wildman–Crippen MR) is 92.3 cm³/mol. The van der Waals surface area contributed by atoms with E-state index in [1.54, 1.807) is 17.0 Å². The molecule has 3 rings (SSSR count). The number of carboxylic acid groups (broad SMARTS) is 1. The van der Waals surface area contributed by atoms with Crippen molar-refractivity contribution in [3.8, 4) is 0 Å². The first-order chi connectivity index (χ1) is 12.1. The molecule has 130 valence electrons. The molecule has 0 radical (unpaired) electrons. The molecule has 0 aliphatic carbocycles. The molecule has 0 bridgehead atoms. The highest BCUT2D eigenvalue weighted by Crippen LogP contribution is 2.21. The molecule has 1 aliphatic heterocycles. The number of nitrogens with one attached hydrogen (secondary N) is 1. The van der Waals surface area contributed by atoms with Gasteiger partial charge in [0.1, 0.15) is 6.10 Å². The molecule has 2 amide bonds. The minimum atomic E-state index is -0.962. The Kier molecular flexibility index (Phi) is 5.30. The van der Waals surface area contributed by atoms with E-state index in [9.17, 15) is 9.59 Å². The fourth-order valence-corrected chi connectivity index (χ4v) is 2.76. The van der Waals surface area contributed by atoms with E-state index in [1.165, 1.54) is 12.1 Å². The van der Waals surface area contributed by atoms with Crippen LogP contribution in [-0.2, 0) is 11.3 Å². The highest BCUT2D eigenvalue weighted by atomic mass is 16.5. The normalized spacial score (nSPS) is 17.1. The summed E-state index contributed by atoms with van der Waals surface area (Å²) in [5, 5.41) is 11.8. The lowest BCUT2D eigenvalue weighted by Gasteiger charge is -2.33. The van der Waals surface area contributed by atoms with Gasteiger partial charge in [-0.2, -0.15) is 0 Å². The molecule has 2 N–H and O–H groups in total. The molecule has 0 spiro atoms. The Hall–Kier alpha value is -2.86. The number of benzene rings is 2. The van der Waals surface area contributed by atoms with Gasteiger partial charge in [-0.25, -0.2) is 9.59 Å². The first-order valence-electron chi connectivity index (χ1n) is 8.15. The zero-order valence-corrected chi connectivity index (χ0v) is 13.7. The number of nitrogens with zero attached hydrogens (tertiary/aromatic N) is 1. The van der Waals surface area contributed by atoms with Crippen molar-refractivity contribution in [1.29, 1.82) is 0 Å². The third-order valence-electron chi connectivity index (χ3n) is 4.17. The fraction of sp³-hybridized carbons (Fsp3) is 0.263. The molecule has 1 fully saturated rings. The summed E-state index contributed by atoms with van der Waals surface area (Å²) < 4.78 is 5.77. The predicted octanol–water partition coefficient (Wildman–Crippen LogP) is 2.67.